The van der Waals surface area contributed by atoms with Gasteiger partial charge in [-0.05, 0) is 35.2 Å². The Balaban J connectivity index is 1.81. The number of halogens is 1. The summed E-state index contributed by atoms with van der Waals surface area (Å²) in [5.74, 6) is -0.494. The van der Waals surface area contributed by atoms with Gasteiger partial charge in [-0.15, -0.1) is 0 Å². The maximum atomic E-state index is 12.4. The first kappa shape index (κ1) is 16.5. The number of cyclic esters (lactones) is 1. The van der Waals surface area contributed by atoms with Crippen LogP contribution in [-0.2, 0) is 16.0 Å². The average Bonchev–Trinajstić information content (AvgIpc) is 2.56. The largest absolute Gasteiger partial charge is 0.448 e. The lowest BCUT2D eigenvalue weighted by atomic mass is 9.92. The lowest BCUT2D eigenvalue weighted by Crippen LogP contribution is -2.38. The molecule has 3 rings (SSSR count). The molecule has 1 heterocycles. The molecule has 0 saturated heterocycles. The first-order valence-electron chi connectivity index (χ1n) is 7.85. The van der Waals surface area contributed by atoms with Gasteiger partial charge in [-0.25, -0.2) is 4.79 Å². The minimum Gasteiger partial charge on any atom is -0.448 e. The van der Waals surface area contributed by atoms with Crippen molar-refractivity contribution >= 4 is 29.2 Å². The highest BCUT2D eigenvalue weighted by atomic mass is 35.5. The maximum absolute atomic E-state index is 12.4. The van der Waals surface area contributed by atoms with Crippen LogP contribution in [0.25, 0.3) is 0 Å². The SMILES string of the molecule is CC(C)c1ccc2c(c1)CC(C(=O)Nc1ccccc1Cl)OC2=O. The van der Waals surface area contributed by atoms with Crippen molar-refractivity contribution in [3.8, 4) is 0 Å². The van der Waals surface area contributed by atoms with Crippen LogP contribution in [0.5, 0.6) is 0 Å². The fraction of sp³-hybridized carbons (Fsp3) is 0.263. The number of nitrogens with one attached hydrogen (secondary N) is 1. The van der Waals surface area contributed by atoms with E-state index in [-0.39, 0.29) is 5.91 Å². The molecule has 0 aromatic heterocycles. The Labute approximate surface area is 145 Å². The molecule has 1 aliphatic heterocycles. The topological polar surface area (TPSA) is 55.4 Å². The highest BCUT2D eigenvalue weighted by molar-refractivity contribution is 6.33. The Morgan fingerprint density at radius 3 is 2.71 bits per heavy atom. The fourth-order valence-electron chi connectivity index (χ4n) is 2.70. The summed E-state index contributed by atoms with van der Waals surface area (Å²) in [5.41, 5.74) is 3.01. The van der Waals surface area contributed by atoms with Gasteiger partial charge in [0.05, 0.1) is 16.3 Å². The molecule has 0 bridgehead atoms. The number of benzene rings is 2. The van der Waals surface area contributed by atoms with Gasteiger partial charge in [-0.3, -0.25) is 4.79 Å². The molecule has 2 aromatic carbocycles. The first-order chi connectivity index (χ1) is 11.5. The van der Waals surface area contributed by atoms with Crippen LogP contribution in [0.4, 0.5) is 5.69 Å². The number of fused-ring (bicyclic) bond motifs is 1. The van der Waals surface area contributed by atoms with Crippen LogP contribution in [0.1, 0.15) is 41.3 Å². The number of rotatable bonds is 3. The summed E-state index contributed by atoms with van der Waals surface area (Å²) < 4.78 is 5.29. The van der Waals surface area contributed by atoms with Crippen LogP contribution < -0.4 is 5.32 Å². The molecule has 1 atom stereocenters. The van der Waals surface area contributed by atoms with Gasteiger partial charge in [-0.1, -0.05) is 49.7 Å². The van der Waals surface area contributed by atoms with Crippen molar-refractivity contribution in [3.05, 3.63) is 64.2 Å². The molecule has 2 aromatic rings. The number of carbonyl (C=O) groups excluding carboxylic acids is 2. The number of esters is 1. The van der Waals surface area contributed by atoms with E-state index >= 15 is 0 Å². The van der Waals surface area contributed by atoms with Crippen molar-refractivity contribution < 1.29 is 14.3 Å². The lowest BCUT2D eigenvalue weighted by Gasteiger charge is -2.25. The zero-order chi connectivity index (χ0) is 17.3. The third-order valence-electron chi connectivity index (χ3n) is 4.09. The van der Waals surface area contributed by atoms with E-state index in [1.807, 2.05) is 12.1 Å². The van der Waals surface area contributed by atoms with Crippen molar-refractivity contribution in [3.63, 3.8) is 0 Å². The molecule has 1 unspecified atom stereocenters. The Hall–Kier alpha value is -2.33. The molecule has 0 aliphatic carbocycles. The van der Waals surface area contributed by atoms with E-state index in [4.69, 9.17) is 16.3 Å². The summed E-state index contributed by atoms with van der Waals surface area (Å²) in [7, 11) is 0. The van der Waals surface area contributed by atoms with Crippen LogP contribution in [0, 0.1) is 0 Å². The number of hydrogen-bond acceptors (Lipinski definition) is 3. The van der Waals surface area contributed by atoms with Gasteiger partial charge in [0.15, 0.2) is 6.10 Å². The summed E-state index contributed by atoms with van der Waals surface area (Å²) in [4.78, 5) is 24.6. The number of amides is 1. The van der Waals surface area contributed by atoms with Crippen LogP contribution in [0.2, 0.25) is 5.02 Å². The van der Waals surface area contributed by atoms with Crippen molar-refractivity contribution in [2.75, 3.05) is 5.32 Å². The van der Waals surface area contributed by atoms with Crippen LogP contribution in [-0.4, -0.2) is 18.0 Å². The second kappa shape index (κ2) is 6.65. The fourth-order valence-corrected chi connectivity index (χ4v) is 2.88. The molecule has 1 aliphatic rings. The molecule has 1 amide bonds. The predicted octanol–water partition coefficient (Wildman–Crippen LogP) is 4.18. The summed E-state index contributed by atoms with van der Waals surface area (Å²) in [6.07, 6.45) is -0.499. The molecule has 0 fully saturated rings. The van der Waals surface area contributed by atoms with Crippen molar-refractivity contribution in [1.29, 1.82) is 0 Å². The zero-order valence-corrected chi connectivity index (χ0v) is 14.3. The summed E-state index contributed by atoms with van der Waals surface area (Å²) >= 11 is 6.05. The maximum Gasteiger partial charge on any atom is 0.339 e. The Morgan fingerprint density at radius 2 is 2.00 bits per heavy atom. The Morgan fingerprint density at radius 1 is 1.25 bits per heavy atom. The van der Waals surface area contributed by atoms with Crippen molar-refractivity contribution in [2.24, 2.45) is 0 Å². The smallest absolute Gasteiger partial charge is 0.339 e. The molecule has 4 nitrogen and oxygen atoms in total. The molecule has 0 saturated carbocycles. The zero-order valence-electron chi connectivity index (χ0n) is 13.5. The highest BCUT2D eigenvalue weighted by Crippen LogP contribution is 2.27. The molecule has 1 N–H and O–H groups in total. The van der Waals surface area contributed by atoms with Crippen molar-refractivity contribution in [1.82, 2.24) is 0 Å². The van der Waals surface area contributed by atoms with E-state index < -0.39 is 12.1 Å². The monoisotopic (exact) mass is 343 g/mol. The van der Waals surface area contributed by atoms with E-state index in [9.17, 15) is 9.59 Å². The summed E-state index contributed by atoms with van der Waals surface area (Å²) in [6, 6.07) is 12.6. The lowest BCUT2D eigenvalue weighted by molar-refractivity contribution is -0.125. The highest BCUT2D eigenvalue weighted by Gasteiger charge is 2.31. The molecule has 0 radical (unpaired) electrons. The Bertz CT molecular complexity index is 801. The number of anilines is 1. The first-order valence-corrected chi connectivity index (χ1v) is 8.22. The quantitative estimate of drug-likeness (QED) is 0.850. The van der Waals surface area contributed by atoms with Gasteiger partial charge in [0.25, 0.3) is 5.91 Å². The van der Waals surface area contributed by atoms with E-state index in [2.05, 4.69) is 19.2 Å². The van der Waals surface area contributed by atoms with E-state index in [1.54, 1.807) is 30.3 Å². The molecule has 0 spiro atoms. The predicted molar refractivity (Wildman–Crippen MR) is 93.5 cm³/mol. The number of para-hydroxylation sites is 1. The standard InChI is InChI=1S/C19H18ClNO3/c1-11(2)12-7-8-14-13(9-12)10-17(24-19(14)23)18(22)21-16-6-4-3-5-15(16)20/h3-9,11,17H,10H2,1-2H3,(H,21,22). The van der Waals surface area contributed by atoms with E-state index in [0.717, 1.165) is 11.1 Å². The van der Waals surface area contributed by atoms with Gasteiger partial charge >= 0.3 is 5.97 Å². The molecular formula is C19H18ClNO3. The molecular weight excluding hydrogens is 326 g/mol. The summed E-state index contributed by atoms with van der Waals surface area (Å²) in [5, 5.41) is 3.16. The van der Waals surface area contributed by atoms with E-state index in [0.29, 0.717) is 28.6 Å². The molecule has 5 heteroatoms. The second-order valence-electron chi connectivity index (χ2n) is 6.14. The second-order valence-corrected chi connectivity index (χ2v) is 6.55. The minimum absolute atomic E-state index is 0.351. The van der Waals surface area contributed by atoms with Crippen LogP contribution in [0.15, 0.2) is 42.5 Å². The third kappa shape index (κ3) is 3.29. The van der Waals surface area contributed by atoms with Crippen LogP contribution >= 0.6 is 11.6 Å². The normalized spacial score (nSPS) is 16.5. The molecule has 124 valence electrons. The van der Waals surface area contributed by atoms with Gasteiger partial charge in [0.2, 0.25) is 0 Å². The molecule has 24 heavy (non-hydrogen) atoms. The van der Waals surface area contributed by atoms with Gasteiger partial charge < -0.3 is 10.1 Å². The third-order valence-corrected chi connectivity index (χ3v) is 4.42. The van der Waals surface area contributed by atoms with Gasteiger partial charge in [0, 0.05) is 6.42 Å². The van der Waals surface area contributed by atoms with Crippen molar-refractivity contribution in [2.45, 2.75) is 32.3 Å². The summed E-state index contributed by atoms with van der Waals surface area (Å²) in [6.45, 7) is 4.18. The van der Waals surface area contributed by atoms with Gasteiger partial charge in [0.1, 0.15) is 0 Å². The average molecular weight is 344 g/mol. The van der Waals surface area contributed by atoms with Gasteiger partial charge in [-0.2, -0.15) is 0 Å². The number of hydrogen-bond donors (Lipinski definition) is 1. The number of carbonyl (C=O) groups is 2. The Kier molecular flexibility index (Phi) is 4.58. The van der Waals surface area contributed by atoms with E-state index in [1.165, 1.54) is 0 Å². The number of ether oxygens (including phenoxy) is 1. The van der Waals surface area contributed by atoms with Crippen LogP contribution in [0.3, 0.4) is 0 Å². The minimum atomic E-state index is -0.858.